The molecule has 2 aromatic carbocycles. The Morgan fingerprint density at radius 1 is 1.18 bits per heavy atom. The Hall–Kier alpha value is -4.63. The molecule has 7 N–H and O–H groups in total. The first kappa shape index (κ1) is 33.3. The van der Waals surface area contributed by atoms with Crippen LogP contribution in [0.3, 0.4) is 0 Å². The van der Waals surface area contributed by atoms with E-state index in [2.05, 4.69) is 5.32 Å². The number of fused-ring (bicyclic) bond motifs is 1. The zero-order chi connectivity index (χ0) is 33.2. The quantitative estimate of drug-likeness (QED) is 0.149. The average Bonchev–Trinajstić information content (AvgIpc) is 2.98. The number of methoxy groups -OCH3 is 1. The SMILES string of the molecule is COC1C(OC(N)=O)C(O)C(Oc2ccc3c(O)c(NC(=O)c4ccc(O)c(CC=C(C)CO)c4)c(=O)oc3c2C)OC1(C)C. The number of nitrogens with one attached hydrogen (secondary N) is 1. The summed E-state index contributed by atoms with van der Waals surface area (Å²) in [5.74, 6) is -1.25. The predicted octanol–water partition coefficient (Wildman–Crippen LogP) is 2.60. The van der Waals surface area contributed by atoms with Gasteiger partial charge in [0.15, 0.2) is 23.6 Å². The van der Waals surface area contributed by atoms with Crippen molar-refractivity contribution >= 4 is 28.7 Å². The van der Waals surface area contributed by atoms with Crippen LogP contribution < -0.4 is 21.4 Å². The number of amides is 2. The van der Waals surface area contributed by atoms with Gasteiger partial charge in [0, 0.05) is 18.2 Å². The van der Waals surface area contributed by atoms with Crippen molar-refractivity contribution in [2.24, 2.45) is 5.73 Å². The summed E-state index contributed by atoms with van der Waals surface area (Å²) in [7, 11) is 1.36. The highest BCUT2D eigenvalue weighted by atomic mass is 16.7. The number of hydrogen-bond donors (Lipinski definition) is 6. The second kappa shape index (κ2) is 13.2. The van der Waals surface area contributed by atoms with Crippen LogP contribution in [0.25, 0.3) is 11.0 Å². The van der Waals surface area contributed by atoms with Crippen LogP contribution in [0.2, 0.25) is 0 Å². The van der Waals surface area contributed by atoms with Crippen molar-refractivity contribution < 1.29 is 53.4 Å². The van der Waals surface area contributed by atoms with E-state index in [0.29, 0.717) is 11.1 Å². The summed E-state index contributed by atoms with van der Waals surface area (Å²) in [6.07, 6.45) is -4.20. The van der Waals surface area contributed by atoms with Gasteiger partial charge in [-0.2, -0.15) is 0 Å². The molecule has 4 unspecified atom stereocenters. The number of aliphatic hydroxyl groups is 2. The molecule has 14 nitrogen and oxygen atoms in total. The fourth-order valence-corrected chi connectivity index (χ4v) is 5.10. The van der Waals surface area contributed by atoms with Crippen LogP contribution in [0.1, 0.15) is 42.3 Å². The highest BCUT2D eigenvalue weighted by molar-refractivity contribution is 6.06. The average molecular weight is 629 g/mol. The fourth-order valence-electron chi connectivity index (χ4n) is 5.10. The molecule has 242 valence electrons. The molecule has 1 aliphatic rings. The number of aliphatic hydroxyl groups excluding tert-OH is 2. The van der Waals surface area contributed by atoms with Crippen LogP contribution in [0, 0.1) is 6.92 Å². The maximum absolute atomic E-state index is 13.0. The van der Waals surface area contributed by atoms with Crippen molar-refractivity contribution in [3.8, 4) is 17.2 Å². The lowest BCUT2D eigenvalue weighted by Gasteiger charge is -2.47. The van der Waals surface area contributed by atoms with Gasteiger partial charge < -0.3 is 54.8 Å². The topological polar surface area (TPSA) is 220 Å². The van der Waals surface area contributed by atoms with Crippen LogP contribution in [0.15, 0.2) is 51.2 Å². The van der Waals surface area contributed by atoms with E-state index in [9.17, 15) is 34.8 Å². The molecule has 0 spiro atoms. The van der Waals surface area contributed by atoms with Crippen LogP contribution in [0.5, 0.6) is 17.2 Å². The molecule has 1 saturated heterocycles. The van der Waals surface area contributed by atoms with Crippen molar-refractivity contribution in [2.45, 2.75) is 64.3 Å². The number of rotatable bonds is 9. The molecule has 1 aromatic heterocycles. The number of benzene rings is 2. The number of aryl methyl sites for hydroxylation is 1. The summed E-state index contributed by atoms with van der Waals surface area (Å²) < 4.78 is 27.8. The molecule has 4 atom stereocenters. The second-order valence-electron chi connectivity index (χ2n) is 11.1. The van der Waals surface area contributed by atoms with Gasteiger partial charge in [-0.25, -0.2) is 9.59 Å². The van der Waals surface area contributed by atoms with E-state index in [4.69, 9.17) is 29.1 Å². The number of hydrogen-bond acceptors (Lipinski definition) is 12. The maximum Gasteiger partial charge on any atom is 0.404 e. The molecule has 0 radical (unpaired) electrons. The summed E-state index contributed by atoms with van der Waals surface area (Å²) in [4.78, 5) is 37.5. The number of carbonyl (C=O) groups excluding carboxylic acids is 2. The van der Waals surface area contributed by atoms with Crippen molar-refractivity contribution in [2.75, 3.05) is 19.0 Å². The standard InChI is InChI=1S/C31H36N2O12/c1-14(13-34)6-7-16-12-17(8-10-19(16)35)27(38)33-21-22(36)18-9-11-20(15(2)24(18)43-28(21)39)42-29-23(37)25(44-30(32)40)26(41-5)31(3,4)45-29/h6,8-12,23,25-26,29,34-37H,7,13H2,1-5H3,(H2,32,40)(H,33,38). The number of nitrogens with two attached hydrogens (primary N) is 1. The first-order valence-electron chi connectivity index (χ1n) is 13.9. The van der Waals surface area contributed by atoms with E-state index in [-0.39, 0.29) is 46.6 Å². The van der Waals surface area contributed by atoms with Gasteiger partial charge in [0.1, 0.15) is 23.2 Å². The number of anilines is 1. The third-order valence-corrected chi connectivity index (χ3v) is 7.52. The van der Waals surface area contributed by atoms with E-state index >= 15 is 0 Å². The minimum atomic E-state index is -1.53. The van der Waals surface area contributed by atoms with Crippen molar-refractivity contribution in [3.05, 3.63) is 69.1 Å². The molecule has 4 rings (SSSR count). The molecular formula is C31H36N2O12. The summed E-state index contributed by atoms with van der Waals surface area (Å²) in [6, 6.07) is 6.92. The number of aromatic hydroxyl groups is 2. The molecule has 14 heteroatoms. The smallest absolute Gasteiger partial charge is 0.404 e. The number of allylic oxidation sites excluding steroid dienone is 1. The lowest BCUT2D eigenvalue weighted by Crippen LogP contribution is -2.65. The van der Waals surface area contributed by atoms with Gasteiger partial charge >= 0.3 is 11.7 Å². The van der Waals surface area contributed by atoms with Gasteiger partial charge in [-0.3, -0.25) is 4.79 Å². The Balaban J connectivity index is 1.62. The molecule has 1 aliphatic heterocycles. The third kappa shape index (κ3) is 6.88. The second-order valence-corrected chi connectivity index (χ2v) is 11.1. The summed E-state index contributed by atoms with van der Waals surface area (Å²) in [5, 5.41) is 43.7. The number of phenolic OH excluding ortho intramolecular Hbond substituents is 1. The molecule has 45 heavy (non-hydrogen) atoms. The van der Waals surface area contributed by atoms with Crippen molar-refractivity contribution in [3.63, 3.8) is 0 Å². The van der Waals surface area contributed by atoms with E-state index < -0.39 is 59.3 Å². The molecule has 0 aliphatic carbocycles. The normalized spacial score (nSPS) is 21.4. The first-order valence-corrected chi connectivity index (χ1v) is 13.9. The largest absolute Gasteiger partial charge is 0.508 e. The number of ether oxygens (including phenoxy) is 4. The molecule has 2 amide bonds. The first-order chi connectivity index (χ1) is 21.2. The Labute approximate surface area is 257 Å². The Morgan fingerprint density at radius 3 is 2.53 bits per heavy atom. The van der Waals surface area contributed by atoms with Crippen LogP contribution >= 0.6 is 0 Å². The molecule has 0 bridgehead atoms. The van der Waals surface area contributed by atoms with E-state index in [0.717, 1.165) is 0 Å². The zero-order valence-corrected chi connectivity index (χ0v) is 25.3. The lowest BCUT2D eigenvalue weighted by molar-refractivity contribution is -0.304. The lowest BCUT2D eigenvalue weighted by atomic mass is 9.89. The van der Waals surface area contributed by atoms with Crippen LogP contribution in [-0.4, -0.2) is 76.3 Å². The van der Waals surface area contributed by atoms with E-state index in [1.54, 1.807) is 33.8 Å². The van der Waals surface area contributed by atoms with Crippen molar-refractivity contribution in [1.29, 1.82) is 0 Å². The van der Waals surface area contributed by atoms with Gasteiger partial charge in [-0.1, -0.05) is 11.6 Å². The fraction of sp³-hybridized carbons (Fsp3) is 0.387. The third-order valence-electron chi connectivity index (χ3n) is 7.52. The Morgan fingerprint density at radius 2 is 1.89 bits per heavy atom. The monoisotopic (exact) mass is 628 g/mol. The molecule has 0 saturated carbocycles. The highest BCUT2D eigenvalue weighted by Gasteiger charge is 2.53. The summed E-state index contributed by atoms with van der Waals surface area (Å²) in [6.45, 7) is 6.40. The Kier molecular flexibility index (Phi) is 9.73. The number of carbonyl (C=O) groups is 2. The van der Waals surface area contributed by atoms with Gasteiger partial charge in [0.05, 0.1) is 17.6 Å². The van der Waals surface area contributed by atoms with Gasteiger partial charge in [-0.05, 0) is 70.0 Å². The van der Waals surface area contributed by atoms with Crippen LogP contribution in [-0.2, 0) is 20.6 Å². The number of phenols is 1. The molecular weight excluding hydrogens is 592 g/mol. The zero-order valence-electron chi connectivity index (χ0n) is 25.3. The summed E-state index contributed by atoms with van der Waals surface area (Å²) >= 11 is 0. The molecule has 1 fully saturated rings. The maximum atomic E-state index is 13.0. The van der Waals surface area contributed by atoms with E-state index in [1.165, 1.54) is 37.4 Å². The van der Waals surface area contributed by atoms with Gasteiger partial charge in [0.2, 0.25) is 6.29 Å². The van der Waals surface area contributed by atoms with Crippen LogP contribution in [0.4, 0.5) is 10.5 Å². The van der Waals surface area contributed by atoms with Gasteiger partial charge in [0.25, 0.3) is 5.91 Å². The van der Waals surface area contributed by atoms with E-state index in [1.807, 2.05) is 0 Å². The molecule has 3 aromatic rings. The summed E-state index contributed by atoms with van der Waals surface area (Å²) in [5.41, 5.74) is 3.92. The Bertz CT molecular complexity index is 1700. The van der Waals surface area contributed by atoms with Gasteiger partial charge in [-0.15, -0.1) is 0 Å². The predicted molar refractivity (Wildman–Crippen MR) is 160 cm³/mol. The van der Waals surface area contributed by atoms with Crippen molar-refractivity contribution in [1.82, 2.24) is 0 Å². The highest BCUT2D eigenvalue weighted by Crippen LogP contribution is 2.38. The minimum absolute atomic E-state index is 0.0563. The molecule has 2 heterocycles. The number of primary amides is 1. The minimum Gasteiger partial charge on any atom is -0.508 e.